The minimum Gasteiger partial charge on any atom is -0.476 e. The molecule has 2 aromatic rings. The van der Waals surface area contributed by atoms with Crippen LogP contribution in [0.15, 0.2) is 33.6 Å². The zero-order chi connectivity index (χ0) is 20.2. The summed E-state index contributed by atoms with van der Waals surface area (Å²) in [6.07, 6.45) is -0.249. The van der Waals surface area contributed by atoms with Gasteiger partial charge in [0.25, 0.3) is 10.0 Å². The van der Waals surface area contributed by atoms with Crippen LogP contribution in [0.4, 0.5) is 15.1 Å². The lowest BCUT2D eigenvalue weighted by Crippen LogP contribution is -2.22. The fraction of sp³-hybridized carbons (Fsp3) is 0.143. The molecule has 144 valence electrons. The van der Waals surface area contributed by atoms with Gasteiger partial charge in [-0.25, -0.2) is 22.6 Å². The molecule has 0 spiro atoms. The van der Waals surface area contributed by atoms with Gasteiger partial charge in [-0.05, 0) is 18.2 Å². The maximum Gasteiger partial charge on any atom is 0.357 e. The first kappa shape index (κ1) is 20.3. The van der Waals surface area contributed by atoms with Crippen LogP contribution in [-0.2, 0) is 14.8 Å². The van der Waals surface area contributed by atoms with E-state index in [-0.39, 0.29) is 22.9 Å². The van der Waals surface area contributed by atoms with Crippen molar-refractivity contribution in [2.45, 2.75) is 11.3 Å². The number of rotatable bonds is 7. The molecular formula is C14H14FN5O5S2. The molecule has 0 saturated heterocycles. The number of nitrogens with one attached hydrogen (secondary N) is 2. The second-order valence-electron chi connectivity index (χ2n) is 5.02. The molecule has 0 atom stereocenters. The molecule has 2 rings (SSSR count). The number of aliphatic imine (C=N–C) groups is 1. The number of carbonyl (C=O) groups is 2. The lowest BCUT2D eigenvalue weighted by atomic mass is 10.3. The summed E-state index contributed by atoms with van der Waals surface area (Å²) in [7, 11) is -2.87. The van der Waals surface area contributed by atoms with Crippen molar-refractivity contribution in [3.05, 3.63) is 35.2 Å². The number of carboxylic acid groups (broad SMARTS) is 1. The van der Waals surface area contributed by atoms with E-state index in [9.17, 15) is 22.4 Å². The van der Waals surface area contributed by atoms with Crippen molar-refractivity contribution in [2.24, 2.45) is 10.7 Å². The molecule has 5 N–H and O–H groups in total. The number of carbonyl (C=O) groups excluding carboxylic acids is 1. The summed E-state index contributed by atoms with van der Waals surface area (Å²) >= 11 is 0.767. The number of carboxylic acids is 1. The molecule has 0 fully saturated rings. The lowest BCUT2D eigenvalue weighted by molar-refractivity contribution is -0.115. The highest BCUT2D eigenvalue weighted by Gasteiger charge is 2.22. The molecule has 1 amide bonds. The number of sulfonamides is 1. The number of amides is 1. The number of benzene rings is 1. The molecule has 0 radical (unpaired) electrons. The molecule has 27 heavy (non-hydrogen) atoms. The van der Waals surface area contributed by atoms with Crippen LogP contribution in [0.2, 0.25) is 0 Å². The number of nitrogens with zero attached hydrogens (tertiary/aromatic N) is 2. The number of thiazole rings is 1. The Labute approximate surface area is 157 Å². The highest BCUT2D eigenvalue weighted by Crippen LogP contribution is 2.25. The molecule has 0 unspecified atom stereocenters. The van der Waals surface area contributed by atoms with Crippen LogP contribution >= 0.6 is 11.3 Å². The lowest BCUT2D eigenvalue weighted by Gasteiger charge is -2.10. The van der Waals surface area contributed by atoms with Gasteiger partial charge in [0.2, 0.25) is 5.91 Å². The number of halogens is 1. The molecule has 13 heteroatoms. The minimum atomic E-state index is -4.26. The SMILES string of the molecule is CN=C(N)CC(=O)Nc1ccc(S(=O)(=O)Nc2scnc2C(=O)O)cc1F. The van der Waals surface area contributed by atoms with E-state index >= 15 is 0 Å². The fourth-order valence-corrected chi connectivity index (χ4v) is 3.86. The summed E-state index contributed by atoms with van der Waals surface area (Å²) in [5.74, 6) is -2.98. The molecule has 0 aliphatic carbocycles. The van der Waals surface area contributed by atoms with E-state index in [4.69, 9.17) is 10.8 Å². The first-order valence-corrected chi connectivity index (χ1v) is 9.50. The van der Waals surface area contributed by atoms with E-state index in [0.29, 0.717) is 6.07 Å². The Morgan fingerprint density at radius 2 is 2.11 bits per heavy atom. The largest absolute Gasteiger partial charge is 0.476 e. The van der Waals surface area contributed by atoms with Crippen LogP contribution in [0, 0.1) is 5.82 Å². The molecular weight excluding hydrogens is 401 g/mol. The summed E-state index contributed by atoms with van der Waals surface area (Å²) in [4.78, 5) is 29.4. The van der Waals surface area contributed by atoms with E-state index in [0.717, 1.165) is 29.0 Å². The Hall–Kier alpha value is -3.06. The van der Waals surface area contributed by atoms with E-state index < -0.39 is 38.3 Å². The normalized spacial score (nSPS) is 11.9. The van der Waals surface area contributed by atoms with E-state index in [1.807, 2.05) is 4.72 Å². The molecule has 0 saturated carbocycles. The Morgan fingerprint density at radius 1 is 1.41 bits per heavy atom. The highest BCUT2D eigenvalue weighted by atomic mass is 32.2. The van der Waals surface area contributed by atoms with Crippen LogP contribution in [-0.4, -0.2) is 43.3 Å². The van der Waals surface area contributed by atoms with Crippen LogP contribution < -0.4 is 15.8 Å². The maximum atomic E-state index is 14.2. The number of aromatic carboxylic acids is 1. The van der Waals surface area contributed by atoms with Gasteiger partial charge in [0, 0.05) is 7.05 Å². The number of hydrogen-bond donors (Lipinski definition) is 4. The molecule has 0 aliphatic rings. The summed E-state index contributed by atoms with van der Waals surface area (Å²) in [5, 5.41) is 11.0. The average Bonchev–Trinajstić information content (AvgIpc) is 3.04. The van der Waals surface area contributed by atoms with Crippen molar-refractivity contribution in [1.82, 2.24) is 4.98 Å². The van der Waals surface area contributed by atoms with Gasteiger partial charge in [0.05, 0.1) is 22.5 Å². The standard InChI is InChI=1S/C14H14FN5O5S2/c1-17-10(16)5-11(21)19-9-3-2-7(4-8(9)15)27(24,25)20-13-12(14(22)23)18-6-26-13/h2-4,6,20H,5H2,1H3,(H2,16,17)(H,19,21)(H,22,23). The first-order valence-electron chi connectivity index (χ1n) is 7.14. The van der Waals surface area contributed by atoms with E-state index in [1.54, 1.807) is 0 Å². The van der Waals surface area contributed by atoms with Gasteiger partial charge in [-0.15, -0.1) is 11.3 Å². The van der Waals surface area contributed by atoms with Crippen molar-refractivity contribution < 1.29 is 27.5 Å². The topological polar surface area (TPSA) is 164 Å². The first-order chi connectivity index (χ1) is 12.6. The Balaban J connectivity index is 2.21. The van der Waals surface area contributed by atoms with Crippen LogP contribution in [0.5, 0.6) is 0 Å². The zero-order valence-corrected chi connectivity index (χ0v) is 15.4. The van der Waals surface area contributed by atoms with Crippen molar-refractivity contribution in [3.8, 4) is 0 Å². The average molecular weight is 415 g/mol. The number of hydrogen-bond acceptors (Lipinski definition) is 7. The Bertz CT molecular complexity index is 1020. The second-order valence-corrected chi connectivity index (χ2v) is 7.56. The third-order valence-electron chi connectivity index (χ3n) is 3.15. The van der Waals surface area contributed by atoms with Gasteiger partial charge in [0.1, 0.15) is 16.7 Å². The van der Waals surface area contributed by atoms with E-state index in [2.05, 4.69) is 15.3 Å². The van der Waals surface area contributed by atoms with Gasteiger partial charge in [-0.3, -0.25) is 14.5 Å². The van der Waals surface area contributed by atoms with Crippen molar-refractivity contribution in [3.63, 3.8) is 0 Å². The van der Waals surface area contributed by atoms with Crippen molar-refractivity contribution in [2.75, 3.05) is 17.1 Å². The number of amidine groups is 1. The van der Waals surface area contributed by atoms with E-state index in [1.165, 1.54) is 7.05 Å². The smallest absolute Gasteiger partial charge is 0.357 e. The van der Waals surface area contributed by atoms with Crippen LogP contribution in [0.1, 0.15) is 16.9 Å². The van der Waals surface area contributed by atoms with Gasteiger partial charge in [-0.1, -0.05) is 0 Å². The Kier molecular flexibility index (Phi) is 6.07. The van der Waals surface area contributed by atoms with Gasteiger partial charge < -0.3 is 16.2 Å². The van der Waals surface area contributed by atoms with Crippen molar-refractivity contribution >= 4 is 49.8 Å². The summed E-state index contributed by atoms with van der Waals surface area (Å²) < 4.78 is 40.9. The van der Waals surface area contributed by atoms with Gasteiger partial charge in [-0.2, -0.15) is 0 Å². The Morgan fingerprint density at radius 3 is 2.70 bits per heavy atom. The maximum absolute atomic E-state index is 14.2. The van der Waals surface area contributed by atoms with Crippen molar-refractivity contribution in [1.29, 1.82) is 0 Å². The monoisotopic (exact) mass is 415 g/mol. The quantitative estimate of drug-likeness (QED) is 0.388. The molecule has 0 aliphatic heterocycles. The molecule has 1 aromatic carbocycles. The summed E-state index contributed by atoms with van der Waals surface area (Å²) in [6.45, 7) is 0. The van der Waals surface area contributed by atoms with Gasteiger partial charge >= 0.3 is 5.97 Å². The van der Waals surface area contributed by atoms with Crippen LogP contribution in [0.25, 0.3) is 0 Å². The number of nitrogens with two attached hydrogens (primary N) is 1. The summed E-state index contributed by atoms with van der Waals surface area (Å²) in [6, 6.07) is 2.81. The zero-order valence-electron chi connectivity index (χ0n) is 13.8. The highest BCUT2D eigenvalue weighted by molar-refractivity contribution is 7.93. The molecule has 1 heterocycles. The number of aromatic nitrogens is 1. The molecule has 0 bridgehead atoms. The third kappa shape index (κ3) is 4.98. The fourth-order valence-electron chi connectivity index (χ4n) is 1.85. The summed E-state index contributed by atoms with van der Waals surface area (Å²) in [5.41, 5.74) is 5.85. The van der Waals surface area contributed by atoms with Crippen LogP contribution in [0.3, 0.4) is 0 Å². The van der Waals surface area contributed by atoms with Gasteiger partial charge in [0.15, 0.2) is 5.69 Å². The molecule has 1 aromatic heterocycles. The predicted molar refractivity (Wildman–Crippen MR) is 97.1 cm³/mol. The number of anilines is 2. The third-order valence-corrected chi connectivity index (χ3v) is 5.37. The minimum absolute atomic E-state index is 0.0510. The molecule has 10 nitrogen and oxygen atoms in total. The predicted octanol–water partition coefficient (Wildman–Crippen LogP) is 1.10. The second kappa shape index (κ2) is 8.09.